The Bertz CT molecular complexity index is 797. The number of nitro groups is 1. The van der Waals surface area contributed by atoms with Gasteiger partial charge < -0.3 is 9.84 Å². The van der Waals surface area contributed by atoms with Crippen molar-refractivity contribution in [3.8, 4) is 5.75 Å². The molecule has 0 atom stereocenters. The van der Waals surface area contributed by atoms with E-state index in [9.17, 15) is 19.7 Å². The molecule has 0 aromatic heterocycles. The number of hydrogen-bond acceptors (Lipinski definition) is 5. The highest BCUT2D eigenvalue weighted by molar-refractivity contribution is 5.94. The topological polar surface area (TPSA) is 107 Å². The van der Waals surface area contributed by atoms with Crippen molar-refractivity contribution < 1.29 is 24.4 Å². The maximum absolute atomic E-state index is 11.7. The Hall–Kier alpha value is -3.48. The number of carboxylic acids is 1. The minimum atomic E-state index is -1.21. The largest absolute Gasteiger partial charge is 0.478 e. The summed E-state index contributed by atoms with van der Waals surface area (Å²) >= 11 is 0. The van der Waals surface area contributed by atoms with E-state index in [1.165, 1.54) is 42.5 Å². The molecule has 0 aliphatic heterocycles. The van der Waals surface area contributed by atoms with Crippen molar-refractivity contribution in [1.82, 2.24) is 0 Å². The molecule has 2 aromatic carbocycles. The highest BCUT2D eigenvalue weighted by atomic mass is 16.6. The predicted molar refractivity (Wildman–Crippen MR) is 81.2 cm³/mol. The maximum Gasteiger partial charge on any atom is 0.339 e. The molecular weight excluding hydrogens is 302 g/mol. The molecule has 0 saturated heterocycles. The third kappa shape index (κ3) is 4.24. The number of carbonyl (C=O) groups is 2. The quantitative estimate of drug-likeness (QED) is 0.299. The molecular formula is C16H11NO6. The zero-order valence-electron chi connectivity index (χ0n) is 11.7. The van der Waals surface area contributed by atoms with Gasteiger partial charge in [0.25, 0.3) is 5.69 Å². The minimum absolute atomic E-state index is 0.0753. The Kier molecular flexibility index (Phi) is 4.83. The molecule has 0 bridgehead atoms. The third-order valence-electron chi connectivity index (χ3n) is 2.82. The minimum Gasteiger partial charge on any atom is -0.478 e. The van der Waals surface area contributed by atoms with Gasteiger partial charge in [0.05, 0.1) is 4.92 Å². The summed E-state index contributed by atoms with van der Waals surface area (Å²) in [5.74, 6) is -2.07. The standard InChI is InChI=1S/C16H11NO6/c18-15(23-14-7-2-1-6-13(14)16(19)20)9-8-11-4-3-5-12(10-11)17(21)22/h1-10H,(H,19,20)/b9-8+. The zero-order chi connectivity index (χ0) is 16.8. The van der Waals surface area contributed by atoms with Crippen LogP contribution in [0.15, 0.2) is 54.6 Å². The summed E-state index contributed by atoms with van der Waals surface area (Å²) in [6.45, 7) is 0. The summed E-state index contributed by atoms with van der Waals surface area (Å²) in [7, 11) is 0. The summed E-state index contributed by atoms with van der Waals surface area (Å²) in [5.41, 5.74) is 0.212. The van der Waals surface area contributed by atoms with Crippen molar-refractivity contribution in [1.29, 1.82) is 0 Å². The number of benzene rings is 2. The smallest absolute Gasteiger partial charge is 0.339 e. The van der Waals surface area contributed by atoms with Gasteiger partial charge in [0.2, 0.25) is 0 Å². The van der Waals surface area contributed by atoms with Crippen LogP contribution in [0, 0.1) is 10.1 Å². The van der Waals surface area contributed by atoms with Crippen molar-refractivity contribution in [3.63, 3.8) is 0 Å². The highest BCUT2D eigenvalue weighted by Gasteiger charge is 2.12. The van der Waals surface area contributed by atoms with E-state index >= 15 is 0 Å². The molecule has 2 rings (SSSR count). The molecule has 116 valence electrons. The van der Waals surface area contributed by atoms with E-state index in [0.29, 0.717) is 5.56 Å². The van der Waals surface area contributed by atoms with Crippen molar-refractivity contribution in [2.24, 2.45) is 0 Å². The SMILES string of the molecule is O=C(/C=C/c1cccc([N+](=O)[O-])c1)Oc1ccccc1C(=O)O. The molecule has 0 amide bonds. The van der Waals surface area contributed by atoms with Crippen molar-refractivity contribution in [2.75, 3.05) is 0 Å². The van der Waals surface area contributed by atoms with E-state index in [-0.39, 0.29) is 17.0 Å². The summed E-state index contributed by atoms with van der Waals surface area (Å²) in [5, 5.41) is 19.7. The Labute approximate surface area is 130 Å². The molecule has 7 nitrogen and oxygen atoms in total. The van der Waals surface area contributed by atoms with E-state index in [4.69, 9.17) is 9.84 Å². The van der Waals surface area contributed by atoms with Crippen LogP contribution in [-0.4, -0.2) is 22.0 Å². The number of non-ortho nitro benzene ring substituents is 1. The van der Waals surface area contributed by atoms with E-state index < -0.39 is 16.9 Å². The molecule has 0 aliphatic rings. The number of esters is 1. The van der Waals surface area contributed by atoms with Gasteiger partial charge in [-0.1, -0.05) is 24.3 Å². The van der Waals surface area contributed by atoms with Crippen LogP contribution in [0.4, 0.5) is 5.69 Å². The number of nitro benzene ring substituents is 1. The fraction of sp³-hybridized carbons (Fsp3) is 0. The van der Waals surface area contributed by atoms with Gasteiger partial charge in [0.1, 0.15) is 11.3 Å². The van der Waals surface area contributed by atoms with Gasteiger partial charge in [-0.3, -0.25) is 10.1 Å². The Balaban J connectivity index is 2.12. The molecule has 7 heteroatoms. The van der Waals surface area contributed by atoms with Crippen LogP contribution in [-0.2, 0) is 4.79 Å². The van der Waals surface area contributed by atoms with Crippen LogP contribution in [0.25, 0.3) is 6.08 Å². The number of rotatable bonds is 5. The van der Waals surface area contributed by atoms with Gasteiger partial charge in [0, 0.05) is 18.2 Å². The van der Waals surface area contributed by atoms with Crippen molar-refractivity contribution in [2.45, 2.75) is 0 Å². The van der Waals surface area contributed by atoms with Gasteiger partial charge in [0.15, 0.2) is 0 Å². The molecule has 23 heavy (non-hydrogen) atoms. The first kappa shape index (κ1) is 15.9. The van der Waals surface area contributed by atoms with Gasteiger partial charge >= 0.3 is 11.9 Å². The number of carboxylic acid groups (broad SMARTS) is 1. The zero-order valence-corrected chi connectivity index (χ0v) is 11.7. The summed E-state index contributed by atoms with van der Waals surface area (Å²) in [6.07, 6.45) is 2.41. The van der Waals surface area contributed by atoms with Crippen LogP contribution >= 0.6 is 0 Å². The number of aromatic carboxylic acids is 1. The average Bonchev–Trinajstić information content (AvgIpc) is 2.53. The van der Waals surface area contributed by atoms with Crippen LogP contribution in [0.5, 0.6) is 5.75 Å². The lowest BCUT2D eigenvalue weighted by Gasteiger charge is -2.04. The fourth-order valence-corrected chi connectivity index (χ4v) is 1.78. The molecule has 0 heterocycles. The molecule has 0 saturated carbocycles. The van der Waals surface area contributed by atoms with Crippen LogP contribution in [0.1, 0.15) is 15.9 Å². The summed E-state index contributed by atoms with van der Waals surface area (Å²) in [4.78, 5) is 32.9. The Morgan fingerprint density at radius 1 is 1.13 bits per heavy atom. The Morgan fingerprint density at radius 2 is 1.87 bits per heavy atom. The number of ether oxygens (including phenoxy) is 1. The van der Waals surface area contributed by atoms with Crippen molar-refractivity contribution in [3.05, 3.63) is 75.8 Å². The van der Waals surface area contributed by atoms with Crippen LogP contribution in [0.3, 0.4) is 0 Å². The van der Waals surface area contributed by atoms with Crippen LogP contribution < -0.4 is 4.74 Å². The lowest BCUT2D eigenvalue weighted by Crippen LogP contribution is -2.08. The highest BCUT2D eigenvalue weighted by Crippen LogP contribution is 2.18. The molecule has 0 aliphatic carbocycles. The maximum atomic E-state index is 11.7. The normalized spacial score (nSPS) is 10.4. The monoisotopic (exact) mass is 313 g/mol. The van der Waals surface area contributed by atoms with E-state index in [0.717, 1.165) is 6.08 Å². The van der Waals surface area contributed by atoms with Gasteiger partial charge in [-0.2, -0.15) is 0 Å². The number of hydrogen-bond donors (Lipinski definition) is 1. The fourth-order valence-electron chi connectivity index (χ4n) is 1.78. The first-order chi connectivity index (χ1) is 11.0. The van der Waals surface area contributed by atoms with Gasteiger partial charge in [-0.25, -0.2) is 9.59 Å². The second kappa shape index (κ2) is 6.99. The molecule has 0 radical (unpaired) electrons. The number of para-hydroxylation sites is 1. The molecule has 0 spiro atoms. The number of carbonyl (C=O) groups excluding carboxylic acids is 1. The second-order valence-electron chi connectivity index (χ2n) is 4.41. The van der Waals surface area contributed by atoms with E-state index in [1.54, 1.807) is 12.1 Å². The van der Waals surface area contributed by atoms with Gasteiger partial charge in [-0.05, 0) is 23.8 Å². The van der Waals surface area contributed by atoms with Crippen LogP contribution in [0.2, 0.25) is 0 Å². The van der Waals surface area contributed by atoms with E-state index in [2.05, 4.69) is 0 Å². The molecule has 2 aromatic rings. The molecule has 0 unspecified atom stereocenters. The predicted octanol–water partition coefficient (Wildman–Crippen LogP) is 2.91. The summed E-state index contributed by atoms with van der Waals surface area (Å²) in [6, 6.07) is 11.4. The summed E-state index contributed by atoms with van der Waals surface area (Å²) < 4.78 is 4.97. The Morgan fingerprint density at radius 3 is 2.57 bits per heavy atom. The van der Waals surface area contributed by atoms with Crippen molar-refractivity contribution >= 4 is 23.7 Å². The lowest BCUT2D eigenvalue weighted by molar-refractivity contribution is -0.384. The third-order valence-corrected chi connectivity index (χ3v) is 2.82. The molecule has 1 N–H and O–H groups in total. The number of nitrogens with zero attached hydrogens (tertiary/aromatic N) is 1. The first-order valence-electron chi connectivity index (χ1n) is 6.44. The first-order valence-corrected chi connectivity index (χ1v) is 6.44. The molecule has 0 fully saturated rings. The lowest BCUT2D eigenvalue weighted by atomic mass is 10.2. The van der Waals surface area contributed by atoms with Gasteiger partial charge in [-0.15, -0.1) is 0 Å². The second-order valence-corrected chi connectivity index (χ2v) is 4.41. The van der Waals surface area contributed by atoms with E-state index in [1.807, 2.05) is 0 Å². The average molecular weight is 313 g/mol.